The lowest BCUT2D eigenvalue weighted by molar-refractivity contribution is -0.0440. The number of benzene rings is 1. The fraction of sp³-hybridized carbons (Fsp3) is 0.348. The second-order valence-electron chi connectivity index (χ2n) is 7.93. The minimum absolute atomic E-state index is 0.110. The quantitative estimate of drug-likeness (QED) is 0.517. The van der Waals surface area contributed by atoms with Crippen LogP contribution in [-0.2, 0) is 27.8 Å². The van der Waals surface area contributed by atoms with Crippen molar-refractivity contribution < 1.29 is 22.4 Å². The molecule has 3 aromatic rings. The van der Waals surface area contributed by atoms with Crippen molar-refractivity contribution in [3.8, 4) is 0 Å². The Morgan fingerprint density at radius 3 is 2.53 bits per heavy atom. The van der Waals surface area contributed by atoms with Crippen LogP contribution in [0.4, 0.5) is 0 Å². The monoisotopic (exact) mass is 474 g/mol. The van der Waals surface area contributed by atoms with Crippen LogP contribution in [0.1, 0.15) is 34.8 Å². The van der Waals surface area contributed by atoms with Crippen molar-refractivity contribution in [2.45, 2.75) is 44.0 Å². The first-order valence-electron chi connectivity index (χ1n) is 10.4. The summed E-state index contributed by atoms with van der Waals surface area (Å²) < 4.78 is 39.1. The molecule has 2 aromatic heterocycles. The van der Waals surface area contributed by atoms with E-state index in [0.29, 0.717) is 24.4 Å². The third-order valence-electron chi connectivity index (χ3n) is 5.25. The molecule has 0 N–H and O–H groups in total. The van der Waals surface area contributed by atoms with E-state index in [9.17, 15) is 13.2 Å². The number of sulfonamides is 1. The van der Waals surface area contributed by atoms with Crippen LogP contribution in [0.2, 0.25) is 0 Å². The third kappa shape index (κ3) is 5.12. The SMILES string of the molecule is CC1CN(S(=O)(=O)c2cccc(C(=O)N(Cc3ccco3)Cc3cccs3)c2)CC(C)O1. The average Bonchev–Trinajstić information content (AvgIpc) is 3.46. The Hall–Kier alpha value is -2.46. The number of furan rings is 1. The van der Waals surface area contributed by atoms with Gasteiger partial charge in [0, 0.05) is 23.5 Å². The molecule has 3 heterocycles. The van der Waals surface area contributed by atoms with Gasteiger partial charge in [-0.2, -0.15) is 4.31 Å². The molecule has 0 radical (unpaired) electrons. The van der Waals surface area contributed by atoms with E-state index in [2.05, 4.69) is 0 Å². The van der Waals surface area contributed by atoms with Gasteiger partial charge in [0.15, 0.2) is 0 Å². The Bertz CT molecular complexity index is 1100. The maximum Gasteiger partial charge on any atom is 0.254 e. The van der Waals surface area contributed by atoms with Gasteiger partial charge in [-0.3, -0.25) is 4.79 Å². The van der Waals surface area contributed by atoms with E-state index in [1.807, 2.05) is 37.4 Å². The van der Waals surface area contributed by atoms with Crippen LogP contribution in [0.15, 0.2) is 69.5 Å². The van der Waals surface area contributed by atoms with Crippen LogP contribution in [0.25, 0.3) is 0 Å². The largest absolute Gasteiger partial charge is 0.467 e. The van der Waals surface area contributed by atoms with Crippen LogP contribution in [0, 0.1) is 0 Å². The molecule has 32 heavy (non-hydrogen) atoms. The second kappa shape index (κ2) is 9.58. The highest BCUT2D eigenvalue weighted by Crippen LogP contribution is 2.24. The van der Waals surface area contributed by atoms with Crippen LogP contribution in [0.3, 0.4) is 0 Å². The van der Waals surface area contributed by atoms with Crippen molar-refractivity contribution in [1.82, 2.24) is 9.21 Å². The van der Waals surface area contributed by atoms with E-state index in [1.165, 1.54) is 16.4 Å². The molecule has 9 heteroatoms. The summed E-state index contributed by atoms with van der Waals surface area (Å²) in [6.07, 6.45) is 1.20. The Morgan fingerprint density at radius 1 is 1.09 bits per heavy atom. The maximum atomic E-state index is 13.4. The molecular formula is C23H26N2O5S2. The number of morpholine rings is 1. The standard InChI is InChI=1S/C23H26N2O5S2/c1-17-13-25(14-18(2)30-17)32(27,28)22-9-3-6-19(12-22)23(26)24(15-20-7-4-10-29-20)16-21-8-5-11-31-21/h3-12,17-18H,13-16H2,1-2H3. The van der Waals surface area contributed by atoms with Crippen LogP contribution in [-0.4, -0.2) is 48.8 Å². The first kappa shape index (κ1) is 22.7. The molecule has 0 saturated carbocycles. The van der Waals surface area contributed by atoms with Gasteiger partial charge in [-0.05, 0) is 55.6 Å². The number of rotatable bonds is 7. The molecule has 7 nitrogen and oxygen atoms in total. The Balaban J connectivity index is 1.60. The van der Waals surface area contributed by atoms with Crippen molar-refractivity contribution in [3.63, 3.8) is 0 Å². The molecule has 1 aromatic carbocycles. The molecule has 0 aliphatic carbocycles. The molecule has 170 valence electrons. The Morgan fingerprint density at radius 2 is 1.88 bits per heavy atom. The molecule has 1 fully saturated rings. The lowest BCUT2D eigenvalue weighted by atomic mass is 10.2. The number of hydrogen-bond acceptors (Lipinski definition) is 6. The lowest BCUT2D eigenvalue weighted by Gasteiger charge is -2.34. The van der Waals surface area contributed by atoms with Gasteiger partial charge in [0.05, 0.1) is 36.5 Å². The zero-order valence-corrected chi connectivity index (χ0v) is 19.6. The zero-order valence-electron chi connectivity index (χ0n) is 18.0. The molecule has 1 aliphatic heterocycles. The molecule has 2 atom stereocenters. The minimum Gasteiger partial charge on any atom is -0.467 e. The first-order valence-corrected chi connectivity index (χ1v) is 12.7. The molecule has 1 amide bonds. The van der Waals surface area contributed by atoms with Crippen LogP contribution in [0.5, 0.6) is 0 Å². The number of thiophene rings is 1. The Kier molecular flexibility index (Phi) is 6.80. The van der Waals surface area contributed by atoms with Gasteiger partial charge in [-0.25, -0.2) is 8.42 Å². The lowest BCUT2D eigenvalue weighted by Crippen LogP contribution is -2.48. The molecule has 4 rings (SSSR count). The van der Waals surface area contributed by atoms with Gasteiger partial charge in [-0.1, -0.05) is 12.1 Å². The van der Waals surface area contributed by atoms with E-state index in [1.54, 1.807) is 40.7 Å². The predicted octanol–water partition coefficient (Wildman–Crippen LogP) is 3.98. The van der Waals surface area contributed by atoms with Gasteiger partial charge < -0.3 is 14.1 Å². The summed E-state index contributed by atoms with van der Waals surface area (Å²) in [5.74, 6) is 0.408. The highest BCUT2D eigenvalue weighted by atomic mass is 32.2. The molecular weight excluding hydrogens is 448 g/mol. The van der Waals surface area contributed by atoms with E-state index in [0.717, 1.165) is 4.88 Å². The maximum absolute atomic E-state index is 13.4. The normalized spacial score (nSPS) is 19.7. The fourth-order valence-corrected chi connectivity index (χ4v) is 6.19. The van der Waals surface area contributed by atoms with Crippen molar-refractivity contribution in [2.75, 3.05) is 13.1 Å². The number of amides is 1. The third-order valence-corrected chi connectivity index (χ3v) is 7.93. The van der Waals surface area contributed by atoms with E-state index < -0.39 is 10.0 Å². The summed E-state index contributed by atoms with van der Waals surface area (Å²) in [7, 11) is -3.74. The highest BCUT2D eigenvalue weighted by Gasteiger charge is 2.32. The summed E-state index contributed by atoms with van der Waals surface area (Å²) in [5, 5.41) is 1.96. The summed E-state index contributed by atoms with van der Waals surface area (Å²) >= 11 is 1.56. The van der Waals surface area contributed by atoms with Gasteiger partial charge >= 0.3 is 0 Å². The predicted molar refractivity (Wildman–Crippen MR) is 122 cm³/mol. The first-order chi connectivity index (χ1) is 15.3. The van der Waals surface area contributed by atoms with Crippen molar-refractivity contribution >= 4 is 27.3 Å². The second-order valence-corrected chi connectivity index (χ2v) is 10.9. The smallest absolute Gasteiger partial charge is 0.254 e. The highest BCUT2D eigenvalue weighted by molar-refractivity contribution is 7.89. The van der Waals surface area contributed by atoms with E-state index in [4.69, 9.17) is 9.15 Å². The van der Waals surface area contributed by atoms with Gasteiger partial charge in [0.1, 0.15) is 5.76 Å². The van der Waals surface area contributed by atoms with Crippen LogP contribution < -0.4 is 0 Å². The van der Waals surface area contributed by atoms with E-state index in [-0.39, 0.29) is 36.1 Å². The van der Waals surface area contributed by atoms with Crippen molar-refractivity contribution in [1.29, 1.82) is 0 Å². The zero-order chi connectivity index (χ0) is 22.7. The molecule has 0 bridgehead atoms. The Labute approximate surface area is 192 Å². The molecule has 0 spiro atoms. The number of carbonyl (C=O) groups is 1. The molecule has 2 unspecified atom stereocenters. The summed E-state index contributed by atoms with van der Waals surface area (Å²) in [4.78, 5) is 16.2. The number of nitrogens with zero attached hydrogens (tertiary/aromatic N) is 2. The topological polar surface area (TPSA) is 80.1 Å². The van der Waals surface area contributed by atoms with E-state index >= 15 is 0 Å². The summed E-state index contributed by atoms with van der Waals surface area (Å²) in [6, 6.07) is 13.8. The van der Waals surface area contributed by atoms with Crippen LogP contribution >= 0.6 is 11.3 Å². The fourth-order valence-electron chi connectivity index (χ4n) is 3.83. The number of hydrogen-bond donors (Lipinski definition) is 0. The summed E-state index contributed by atoms with van der Waals surface area (Å²) in [5.41, 5.74) is 0.323. The minimum atomic E-state index is -3.74. The number of ether oxygens (including phenoxy) is 1. The summed E-state index contributed by atoms with van der Waals surface area (Å²) in [6.45, 7) is 4.98. The van der Waals surface area contributed by atoms with Gasteiger partial charge in [0.2, 0.25) is 10.0 Å². The van der Waals surface area contributed by atoms with Gasteiger partial charge in [0.25, 0.3) is 5.91 Å². The van der Waals surface area contributed by atoms with Gasteiger partial charge in [-0.15, -0.1) is 11.3 Å². The average molecular weight is 475 g/mol. The molecule has 1 saturated heterocycles. The number of carbonyl (C=O) groups excluding carboxylic acids is 1. The van der Waals surface area contributed by atoms with Crippen molar-refractivity contribution in [3.05, 3.63) is 76.4 Å². The van der Waals surface area contributed by atoms with Crippen molar-refractivity contribution in [2.24, 2.45) is 0 Å². The molecule has 1 aliphatic rings.